The van der Waals surface area contributed by atoms with Gasteiger partial charge in [-0.05, 0) is 26.8 Å². The van der Waals surface area contributed by atoms with Crippen molar-refractivity contribution < 1.29 is 4.74 Å². The van der Waals surface area contributed by atoms with Crippen molar-refractivity contribution in [1.82, 2.24) is 4.90 Å². The molecule has 0 radical (unpaired) electrons. The number of hydrogen-bond acceptors (Lipinski definition) is 2. The largest absolute Gasteiger partial charge is 0.366 e. The molecule has 0 aromatic heterocycles. The van der Waals surface area contributed by atoms with Crippen LogP contribution in [-0.4, -0.2) is 31.3 Å². The number of hydrogen-bond donors (Lipinski definition) is 0. The van der Waals surface area contributed by atoms with Crippen LogP contribution in [0.4, 0.5) is 0 Å². The minimum Gasteiger partial charge on any atom is -0.366 e. The minimum atomic E-state index is 0.701. The Morgan fingerprint density at radius 1 is 1.56 bits per heavy atom. The Bertz CT molecular complexity index is 75.0. The van der Waals surface area contributed by atoms with Gasteiger partial charge in [0.25, 0.3) is 0 Å². The maximum absolute atomic E-state index is 5.30. The average molecular weight is 129 g/mol. The lowest BCUT2D eigenvalue weighted by Gasteiger charge is -2.19. The molecule has 0 amide bonds. The SMILES string of the molecule is CC1CCCOCN1C. The van der Waals surface area contributed by atoms with Crippen LogP contribution in [0.1, 0.15) is 19.8 Å². The van der Waals surface area contributed by atoms with E-state index in [4.69, 9.17) is 4.74 Å². The third kappa shape index (κ3) is 1.95. The van der Waals surface area contributed by atoms with Crippen molar-refractivity contribution in [2.75, 3.05) is 20.4 Å². The smallest absolute Gasteiger partial charge is 0.0990 e. The van der Waals surface area contributed by atoms with Crippen molar-refractivity contribution >= 4 is 0 Å². The molecule has 9 heavy (non-hydrogen) atoms. The summed E-state index contributed by atoms with van der Waals surface area (Å²) in [7, 11) is 2.11. The highest BCUT2D eigenvalue weighted by Gasteiger charge is 2.11. The van der Waals surface area contributed by atoms with E-state index in [1.54, 1.807) is 0 Å². The molecule has 0 aromatic rings. The Labute approximate surface area is 56.8 Å². The molecule has 0 aliphatic carbocycles. The molecule has 0 spiro atoms. The van der Waals surface area contributed by atoms with E-state index in [0.29, 0.717) is 6.04 Å². The second kappa shape index (κ2) is 3.18. The molecule has 0 N–H and O–H groups in total. The Morgan fingerprint density at radius 2 is 2.33 bits per heavy atom. The molecule has 2 heteroatoms. The van der Waals surface area contributed by atoms with Crippen LogP contribution >= 0.6 is 0 Å². The lowest BCUT2D eigenvalue weighted by molar-refractivity contribution is 0.0500. The van der Waals surface area contributed by atoms with Gasteiger partial charge in [-0.25, -0.2) is 0 Å². The molecule has 1 aliphatic rings. The summed E-state index contributed by atoms with van der Waals surface area (Å²) in [4.78, 5) is 2.24. The molecule has 54 valence electrons. The van der Waals surface area contributed by atoms with E-state index in [9.17, 15) is 0 Å². The van der Waals surface area contributed by atoms with E-state index in [1.165, 1.54) is 12.8 Å². The molecule has 0 saturated carbocycles. The zero-order chi connectivity index (χ0) is 6.69. The summed E-state index contributed by atoms with van der Waals surface area (Å²) in [5.41, 5.74) is 0. The molecule has 1 atom stereocenters. The van der Waals surface area contributed by atoms with E-state index in [1.807, 2.05) is 0 Å². The maximum atomic E-state index is 5.30. The van der Waals surface area contributed by atoms with Gasteiger partial charge in [0.1, 0.15) is 0 Å². The predicted molar refractivity (Wildman–Crippen MR) is 37.3 cm³/mol. The monoisotopic (exact) mass is 129 g/mol. The fourth-order valence-corrected chi connectivity index (χ4v) is 1.04. The summed E-state index contributed by atoms with van der Waals surface area (Å²) < 4.78 is 5.30. The van der Waals surface area contributed by atoms with Crippen molar-refractivity contribution in [3.8, 4) is 0 Å². The first-order valence-electron chi connectivity index (χ1n) is 3.58. The van der Waals surface area contributed by atoms with Crippen LogP contribution in [0.25, 0.3) is 0 Å². The molecule has 1 heterocycles. The van der Waals surface area contributed by atoms with Gasteiger partial charge in [-0.2, -0.15) is 0 Å². The zero-order valence-electron chi connectivity index (χ0n) is 6.26. The topological polar surface area (TPSA) is 12.5 Å². The summed E-state index contributed by atoms with van der Waals surface area (Å²) in [6, 6.07) is 0.701. The molecular formula is C7H15NO. The van der Waals surface area contributed by atoms with Gasteiger partial charge in [-0.15, -0.1) is 0 Å². The predicted octanol–water partition coefficient (Wildman–Crippen LogP) is 1.07. The molecule has 1 unspecified atom stereocenters. The third-order valence-corrected chi connectivity index (χ3v) is 1.96. The van der Waals surface area contributed by atoms with Crippen LogP contribution in [0.2, 0.25) is 0 Å². The first-order chi connectivity index (χ1) is 4.30. The minimum absolute atomic E-state index is 0.701. The molecule has 0 aromatic carbocycles. The average Bonchev–Trinajstić information content (AvgIpc) is 1.99. The Morgan fingerprint density at radius 3 is 3.11 bits per heavy atom. The normalized spacial score (nSPS) is 32.0. The second-order valence-electron chi connectivity index (χ2n) is 2.79. The third-order valence-electron chi connectivity index (χ3n) is 1.96. The van der Waals surface area contributed by atoms with Gasteiger partial charge in [0.05, 0.1) is 6.73 Å². The van der Waals surface area contributed by atoms with Gasteiger partial charge in [-0.1, -0.05) is 0 Å². The van der Waals surface area contributed by atoms with E-state index >= 15 is 0 Å². The molecule has 1 fully saturated rings. The summed E-state index contributed by atoms with van der Waals surface area (Å²) >= 11 is 0. The van der Waals surface area contributed by atoms with Crippen LogP contribution in [0.5, 0.6) is 0 Å². The van der Waals surface area contributed by atoms with Gasteiger partial charge in [0.15, 0.2) is 0 Å². The van der Waals surface area contributed by atoms with Crippen LogP contribution in [-0.2, 0) is 4.74 Å². The molecule has 2 nitrogen and oxygen atoms in total. The van der Waals surface area contributed by atoms with Gasteiger partial charge in [0.2, 0.25) is 0 Å². The number of ether oxygens (including phenoxy) is 1. The van der Waals surface area contributed by atoms with Gasteiger partial charge in [0, 0.05) is 12.6 Å². The lowest BCUT2D eigenvalue weighted by Crippen LogP contribution is -2.28. The van der Waals surface area contributed by atoms with Crippen LogP contribution in [0.15, 0.2) is 0 Å². The number of rotatable bonds is 0. The van der Waals surface area contributed by atoms with Crippen molar-refractivity contribution in [1.29, 1.82) is 0 Å². The molecular weight excluding hydrogens is 114 g/mol. The van der Waals surface area contributed by atoms with E-state index in [-0.39, 0.29) is 0 Å². The van der Waals surface area contributed by atoms with E-state index < -0.39 is 0 Å². The molecule has 1 aliphatic heterocycles. The number of nitrogens with zero attached hydrogens (tertiary/aromatic N) is 1. The van der Waals surface area contributed by atoms with E-state index in [0.717, 1.165) is 13.3 Å². The van der Waals surface area contributed by atoms with Crippen LogP contribution in [0.3, 0.4) is 0 Å². The van der Waals surface area contributed by atoms with Crippen LogP contribution in [0, 0.1) is 0 Å². The van der Waals surface area contributed by atoms with Crippen molar-refractivity contribution in [3.63, 3.8) is 0 Å². The summed E-state index contributed by atoms with van der Waals surface area (Å²) in [6.45, 7) is 3.99. The fourth-order valence-electron chi connectivity index (χ4n) is 1.04. The van der Waals surface area contributed by atoms with Gasteiger partial charge < -0.3 is 4.74 Å². The first kappa shape index (κ1) is 7.03. The standard InChI is InChI=1S/C7H15NO/c1-7-4-3-5-9-6-8(7)2/h7H,3-6H2,1-2H3. The first-order valence-corrected chi connectivity index (χ1v) is 3.58. The lowest BCUT2D eigenvalue weighted by atomic mass is 10.2. The van der Waals surface area contributed by atoms with Crippen molar-refractivity contribution in [2.45, 2.75) is 25.8 Å². The summed E-state index contributed by atoms with van der Waals surface area (Å²) in [5.74, 6) is 0. The highest BCUT2D eigenvalue weighted by molar-refractivity contribution is 4.62. The Kier molecular flexibility index (Phi) is 2.49. The fraction of sp³-hybridized carbons (Fsp3) is 1.00. The zero-order valence-corrected chi connectivity index (χ0v) is 6.26. The molecule has 1 saturated heterocycles. The van der Waals surface area contributed by atoms with Gasteiger partial charge >= 0.3 is 0 Å². The Balaban J connectivity index is 2.32. The molecule has 1 rings (SSSR count). The molecule has 0 bridgehead atoms. The van der Waals surface area contributed by atoms with Gasteiger partial charge in [-0.3, -0.25) is 4.90 Å². The van der Waals surface area contributed by atoms with Crippen molar-refractivity contribution in [3.05, 3.63) is 0 Å². The van der Waals surface area contributed by atoms with Crippen LogP contribution < -0.4 is 0 Å². The Hall–Kier alpha value is -0.0800. The summed E-state index contributed by atoms with van der Waals surface area (Å²) in [6.07, 6.45) is 2.49. The highest BCUT2D eigenvalue weighted by atomic mass is 16.5. The van der Waals surface area contributed by atoms with Crippen molar-refractivity contribution in [2.24, 2.45) is 0 Å². The second-order valence-corrected chi connectivity index (χ2v) is 2.79. The maximum Gasteiger partial charge on any atom is 0.0990 e. The van der Waals surface area contributed by atoms with E-state index in [2.05, 4.69) is 18.9 Å². The summed E-state index contributed by atoms with van der Waals surface area (Å²) in [5, 5.41) is 0. The highest BCUT2D eigenvalue weighted by Crippen LogP contribution is 2.08. The quantitative estimate of drug-likeness (QED) is 0.485.